The summed E-state index contributed by atoms with van der Waals surface area (Å²) in [5.74, 6) is 0. The van der Waals surface area contributed by atoms with Crippen molar-refractivity contribution in [2.75, 3.05) is 4.90 Å². The summed E-state index contributed by atoms with van der Waals surface area (Å²) in [7, 11) is 0. The van der Waals surface area contributed by atoms with Crippen LogP contribution >= 0.6 is 31.9 Å². The van der Waals surface area contributed by atoms with Crippen LogP contribution in [0.25, 0.3) is 33.4 Å². The van der Waals surface area contributed by atoms with Gasteiger partial charge in [-0.05, 0) is 88.0 Å². The van der Waals surface area contributed by atoms with Crippen LogP contribution in [0.5, 0.6) is 0 Å². The Morgan fingerprint density at radius 2 is 0.615 bits per heavy atom. The molecule has 1 nitrogen and oxygen atoms in total. The van der Waals surface area contributed by atoms with Gasteiger partial charge in [0.2, 0.25) is 0 Å². The summed E-state index contributed by atoms with van der Waals surface area (Å²) in [5, 5.41) is 0. The third kappa shape index (κ3) is 5.75. The van der Waals surface area contributed by atoms with Crippen molar-refractivity contribution < 1.29 is 0 Å². The number of nitrogens with zero attached hydrogens (tertiary/aromatic N) is 1. The van der Waals surface area contributed by atoms with E-state index in [0.29, 0.717) is 0 Å². The Labute approximate surface area is 246 Å². The summed E-state index contributed by atoms with van der Waals surface area (Å²) < 4.78 is 2.10. The van der Waals surface area contributed by atoms with E-state index in [2.05, 4.69) is 188 Å². The third-order valence-corrected chi connectivity index (χ3v) is 7.70. The molecule has 0 N–H and O–H groups in total. The molecule has 0 amide bonds. The number of rotatable bonds is 6. The van der Waals surface area contributed by atoms with E-state index < -0.39 is 0 Å². The highest BCUT2D eigenvalue weighted by molar-refractivity contribution is 9.11. The number of benzene rings is 6. The second-order valence-corrected chi connectivity index (χ2v) is 11.2. The van der Waals surface area contributed by atoms with Crippen LogP contribution in [0, 0.1) is 0 Å². The van der Waals surface area contributed by atoms with Crippen LogP contribution in [0.3, 0.4) is 0 Å². The minimum Gasteiger partial charge on any atom is -0.311 e. The predicted molar refractivity (Wildman–Crippen MR) is 173 cm³/mol. The second-order valence-electron chi connectivity index (χ2n) is 9.37. The molecule has 0 bridgehead atoms. The molecule has 3 heteroatoms. The molecule has 0 radical (unpaired) electrons. The van der Waals surface area contributed by atoms with Gasteiger partial charge >= 0.3 is 0 Å². The summed E-state index contributed by atoms with van der Waals surface area (Å²) >= 11 is 7.23. The molecular weight excluding hydrogens is 606 g/mol. The van der Waals surface area contributed by atoms with Crippen LogP contribution < -0.4 is 4.90 Å². The first-order chi connectivity index (χ1) is 19.1. The SMILES string of the molecule is Brc1cc(Br)cc(-c2ccc(N(c3ccc(-c4ccccc4)cc3)c3ccc(-c4ccccc4)cc3)cc2)c1. The molecule has 0 aliphatic heterocycles. The number of hydrogen-bond acceptors (Lipinski definition) is 1. The van der Waals surface area contributed by atoms with Gasteiger partial charge in [0.15, 0.2) is 0 Å². The van der Waals surface area contributed by atoms with Gasteiger partial charge in [0.05, 0.1) is 0 Å². The van der Waals surface area contributed by atoms with E-state index in [0.717, 1.165) is 31.6 Å². The fourth-order valence-corrected chi connectivity index (χ4v) is 6.13. The first-order valence-corrected chi connectivity index (χ1v) is 14.4. The van der Waals surface area contributed by atoms with Crippen molar-refractivity contribution in [2.24, 2.45) is 0 Å². The topological polar surface area (TPSA) is 3.24 Å². The van der Waals surface area contributed by atoms with Gasteiger partial charge in [0.25, 0.3) is 0 Å². The van der Waals surface area contributed by atoms with Crippen molar-refractivity contribution in [1.29, 1.82) is 0 Å². The van der Waals surface area contributed by atoms with Crippen molar-refractivity contribution in [2.45, 2.75) is 0 Å². The fraction of sp³-hybridized carbons (Fsp3) is 0. The Bertz CT molecular complexity index is 1570. The monoisotopic (exact) mass is 629 g/mol. The first kappa shape index (κ1) is 25.4. The van der Waals surface area contributed by atoms with E-state index in [-0.39, 0.29) is 0 Å². The zero-order valence-corrected chi connectivity index (χ0v) is 24.3. The summed E-state index contributed by atoms with van der Waals surface area (Å²) in [6, 6.07) is 53.7. The Morgan fingerprint density at radius 1 is 0.308 bits per heavy atom. The van der Waals surface area contributed by atoms with E-state index in [1.807, 2.05) is 0 Å². The van der Waals surface area contributed by atoms with Crippen molar-refractivity contribution in [3.63, 3.8) is 0 Å². The van der Waals surface area contributed by atoms with Gasteiger partial charge < -0.3 is 4.90 Å². The second kappa shape index (κ2) is 11.4. The normalized spacial score (nSPS) is 10.8. The van der Waals surface area contributed by atoms with Gasteiger partial charge in [0.1, 0.15) is 0 Å². The summed E-state index contributed by atoms with van der Waals surface area (Å²) in [6.07, 6.45) is 0. The molecule has 39 heavy (non-hydrogen) atoms. The van der Waals surface area contributed by atoms with Crippen LogP contribution in [0.15, 0.2) is 161 Å². The molecule has 0 unspecified atom stereocenters. The van der Waals surface area contributed by atoms with Crippen LogP contribution in [-0.4, -0.2) is 0 Å². The molecule has 6 aromatic carbocycles. The van der Waals surface area contributed by atoms with Gasteiger partial charge in [-0.2, -0.15) is 0 Å². The third-order valence-electron chi connectivity index (χ3n) is 6.79. The van der Waals surface area contributed by atoms with E-state index in [9.17, 15) is 0 Å². The summed E-state index contributed by atoms with van der Waals surface area (Å²) in [5.41, 5.74) is 10.5. The lowest BCUT2D eigenvalue weighted by Gasteiger charge is -2.26. The fourth-order valence-electron chi connectivity index (χ4n) is 4.84. The molecule has 0 aliphatic rings. The standard InChI is InChI=1S/C36H25Br2N/c37-32-23-31(24-33(38)25-32)30-15-21-36(22-16-30)39(34-17-11-28(12-18-34)26-7-3-1-4-8-26)35-19-13-29(14-20-35)27-9-5-2-6-10-27/h1-25H. The van der Waals surface area contributed by atoms with Crippen LogP contribution in [0.2, 0.25) is 0 Å². The van der Waals surface area contributed by atoms with Crippen LogP contribution in [-0.2, 0) is 0 Å². The van der Waals surface area contributed by atoms with Crippen LogP contribution in [0.4, 0.5) is 17.1 Å². The molecule has 0 saturated heterocycles. The quantitative estimate of drug-likeness (QED) is 0.177. The Balaban J connectivity index is 1.39. The van der Waals surface area contributed by atoms with Crippen molar-refractivity contribution in [3.8, 4) is 33.4 Å². The molecule has 6 rings (SSSR count). The molecule has 0 aromatic heterocycles. The summed E-state index contributed by atoms with van der Waals surface area (Å²) in [4.78, 5) is 2.31. The van der Waals surface area contributed by atoms with Crippen molar-refractivity contribution in [3.05, 3.63) is 161 Å². The predicted octanol–water partition coefficient (Wildman–Crippen LogP) is 11.7. The van der Waals surface area contributed by atoms with Gasteiger partial charge in [0, 0.05) is 26.0 Å². The zero-order chi connectivity index (χ0) is 26.6. The Hall–Kier alpha value is -3.92. The average molecular weight is 631 g/mol. The first-order valence-electron chi connectivity index (χ1n) is 12.8. The highest BCUT2D eigenvalue weighted by Gasteiger charge is 2.14. The van der Waals surface area contributed by atoms with Gasteiger partial charge in [-0.1, -0.05) is 129 Å². The average Bonchev–Trinajstić information content (AvgIpc) is 2.99. The molecule has 0 atom stereocenters. The number of hydrogen-bond donors (Lipinski definition) is 0. The minimum atomic E-state index is 1.05. The lowest BCUT2D eigenvalue weighted by atomic mass is 10.0. The molecule has 0 aliphatic carbocycles. The molecular formula is C36H25Br2N. The zero-order valence-electron chi connectivity index (χ0n) is 21.1. The molecule has 0 heterocycles. The largest absolute Gasteiger partial charge is 0.311 e. The number of anilines is 3. The van der Waals surface area contributed by atoms with Gasteiger partial charge in [-0.25, -0.2) is 0 Å². The summed E-state index contributed by atoms with van der Waals surface area (Å²) in [6.45, 7) is 0. The van der Waals surface area contributed by atoms with E-state index in [4.69, 9.17) is 0 Å². The maximum absolute atomic E-state index is 3.62. The number of halogens is 2. The lowest BCUT2D eigenvalue weighted by molar-refractivity contribution is 1.28. The van der Waals surface area contributed by atoms with Crippen LogP contribution in [0.1, 0.15) is 0 Å². The van der Waals surface area contributed by atoms with Crippen molar-refractivity contribution >= 4 is 48.9 Å². The molecule has 0 spiro atoms. The van der Waals surface area contributed by atoms with E-state index >= 15 is 0 Å². The van der Waals surface area contributed by atoms with Gasteiger partial charge in [-0.3, -0.25) is 0 Å². The van der Waals surface area contributed by atoms with Crippen molar-refractivity contribution in [1.82, 2.24) is 0 Å². The Kier molecular flexibility index (Phi) is 7.44. The van der Waals surface area contributed by atoms with E-state index in [1.165, 1.54) is 27.8 Å². The Morgan fingerprint density at radius 3 is 0.974 bits per heavy atom. The minimum absolute atomic E-state index is 1.05. The molecule has 0 fully saturated rings. The molecule has 188 valence electrons. The highest BCUT2D eigenvalue weighted by Crippen LogP contribution is 2.38. The maximum Gasteiger partial charge on any atom is 0.0462 e. The van der Waals surface area contributed by atoms with Gasteiger partial charge in [-0.15, -0.1) is 0 Å². The molecule has 0 saturated carbocycles. The molecule has 6 aromatic rings. The lowest BCUT2D eigenvalue weighted by Crippen LogP contribution is -2.09. The highest BCUT2D eigenvalue weighted by atomic mass is 79.9. The maximum atomic E-state index is 3.62. The van der Waals surface area contributed by atoms with E-state index in [1.54, 1.807) is 0 Å². The smallest absolute Gasteiger partial charge is 0.0462 e.